The van der Waals surface area contributed by atoms with Crippen LogP contribution in [0.1, 0.15) is 28.3 Å². The van der Waals surface area contributed by atoms with Gasteiger partial charge in [-0.2, -0.15) is 0 Å². The lowest BCUT2D eigenvalue weighted by Crippen LogP contribution is -2.42. The lowest BCUT2D eigenvalue weighted by atomic mass is 9.68. The highest BCUT2D eigenvalue weighted by Gasteiger charge is 2.69. The molecule has 3 fully saturated rings. The second kappa shape index (κ2) is 10.4. The minimum absolute atomic E-state index is 0.0414. The van der Waals surface area contributed by atoms with Gasteiger partial charge in [0, 0.05) is 20.5 Å². The van der Waals surface area contributed by atoms with Crippen molar-refractivity contribution in [2.75, 3.05) is 12.0 Å². The van der Waals surface area contributed by atoms with Crippen LogP contribution in [0.3, 0.4) is 0 Å². The lowest BCUT2D eigenvalue weighted by Gasteiger charge is -2.43. The van der Waals surface area contributed by atoms with E-state index in [1.54, 1.807) is 18.9 Å². The number of amides is 2. The number of benzene rings is 3. The van der Waals surface area contributed by atoms with Crippen LogP contribution in [0.5, 0.6) is 11.5 Å². The minimum atomic E-state index is -0.349. The molecule has 218 valence electrons. The first-order chi connectivity index (χ1) is 20.9. The molecule has 6 unspecified atom stereocenters. The number of imide groups is 1. The molecule has 2 bridgehead atoms. The number of hydrogen-bond donors (Lipinski definition) is 1. The SMILES string of the molecule is COc1cc([C@H]2c3sc(=O)[nH]c3SC3C4CC(C5C(=O)N(c6ccc(Br)cc6)C(=O)C45)C32)ccc1OCc1ccccc1. The average molecular weight is 676 g/mol. The molecule has 10 heteroatoms. The monoisotopic (exact) mass is 674 g/mol. The fourth-order valence-corrected chi connectivity index (χ4v) is 11.1. The number of ether oxygens (including phenoxy) is 2. The van der Waals surface area contributed by atoms with Crippen molar-refractivity contribution in [3.05, 3.63) is 103 Å². The topological polar surface area (TPSA) is 88.7 Å². The van der Waals surface area contributed by atoms with E-state index in [9.17, 15) is 14.4 Å². The van der Waals surface area contributed by atoms with Crippen molar-refractivity contribution in [1.29, 1.82) is 0 Å². The fourth-order valence-electron chi connectivity index (χ4n) is 7.97. The molecule has 2 amide bonds. The number of H-pyrrole nitrogens is 1. The van der Waals surface area contributed by atoms with E-state index in [2.05, 4.69) is 27.0 Å². The van der Waals surface area contributed by atoms with Gasteiger partial charge in [0.05, 0.1) is 29.7 Å². The summed E-state index contributed by atoms with van der Waals surface area (Å²) in [6, 6.07) is 23.4. The summed E-state index contributed by atoms with van der Waals surface area (Å²) in [6.07, 6.45) is 0.842. The van der Waals surface area contributed by atoms with E-state index < -0.39 is 0 Å². The van der Waals surface area contributed by atoms with Crippen molar-refractivity contribution in [3.63, 3.8) is 0 Å². The normalized spacial score (nSPS) is 28.5. The molecule has 4 aromatic rings. The predicted molar refractivity (Wildman–Crippen MR) is 169 cm³/mol. The Bertz CT molecular complexity index is 1810. The molecule has 1 N–H and O–H groups in total. The Morgan fingerprint density at radius 2 is 1.67 bits per heavy atom. The van der Waals surface area contributed by atoms with E-state index in [4.69, 9.17) is 9.47 Å². The van der Waals surface area contributed by atoms with Gasteiger partial charge >= 0.3 is 4.87 Å². The molecular formula is C33H27BrN2O5S2. The van der Waals surface area contributed by atoms with Gasteiger partial charge in [-0.3, -0.25) is 19.3 Å². The summed E-state index contributed by atoms with van der Waals surface area (Å²) < 4.78 is 12.8. The second-order valence-electron chi connectivity index (χ2n) is 11.6. The molecule has 2 saturated carbocycles. The molecule has 0 spiro atoms. The molecule has 2 aliphatic heterocycles. The third-order valence-corrected chi connectivity index (χ3v) is 12.7. The van der Waals surface area contributed by atoms with Crippen LogP contribution in [0.15, 0.2) is 87.1 Å². The van der Waals surface area contributed by atoms with Gasteiger partial charge < -0.3 is 14.5 Å². The smallest absolute Gasteiger partial charge is 0.305 e. The lowest BCUT2D eigenvalue weighted by molar-refractivity contribution is -0.123. The maximum absolute atomic E-state index is 14.0. The van der Waals surface area contributed by atoms with Crippen LogP contribution in [-0.2, 0) is 16.2 Å². The van der Waals surface area contributed by atoms with Crippen LogP contribution < -0.4 is 19.2 Å². The molecule has 7 nitrogen and oxygen atoms in total. The number of thioether (sulfide) groups is 1. The van der Waals surface area contributed by atoms with Crippen molar-refractivity contribution in [2.24, 2.45) is 29.6 Å². The van der Waals surface area contributed by atoms with E-state index in [1.165, 1.54) is 16.2 Å². The van der Waals surface area contributed by atoms with Gasteiger partial charge in [0.1, 0.15) is 6.61 Å². The summed E-state index contributed by atoms with van der Waals surface area (Å²) in [5.41, 5.74) is 2.71. The molecule has 43 heavy (non-hydrogen) atoms. The van der Waals surface area contributed by atoms with Crippen molar-refractivity contribution in [3.8, 4) is 11.5 Å². The number of aromatic nitrogens is 1. The van der Waals surface area contributed by atoms with Gasteiger partial charge in [-0.1, -0.05) is 63.7 Å². The highest BCUT2D eigenvalue weighted by molar-refractivity contribution is 9.10. The van der Waals surface area contributed by atoms with Gasteiger partial charge in [0.25, 0.3) is 0 Å². The zero-order valence-corrected chi connectivity index (χ0v) is 26.3. The Morgan fingerprint density at radius 1 is 0.930 bits per heavy atom. The quantitative estimate of drug-likeness (QED) is 0.236. The van der Waals surface area contributed by atoms with E-state index in [0.717, 1.165) is 31.9 Å². The third kappa shape index (κ3) is 4.24. The first kappa shape index (κ1) is 27.2. The van der Waals surface area contributed by atoms with Crippen LogP contribution in [0.25, 0.3) is 0 Å². The van der Waals surface area contributed by atoms with Crippen LogP contribution in [0.2, 0.25) is 0 Å². The molecule has 0 radical (unpaired) electrons. The van der Waals surface area contributed by atoms with E-state index in [-0.39, 0.29) is 57.4 Å². The molecule has 2 aliphatic carbocycles. The number of nitrogens with one attached hydrogen (secondary N) is 1. The molecule has 1 aromatic heterocycles. The predicted octanol–water partition coefficient (Wildman–Crippen LogP) is 6.46. The Kier molecular flexibility index (Phi) is 6.58. The molecular weight excluding hydrogens is 648 g/mol. The van der Waals surface area contributed by atoms with E-state index in [0.29, 0.717) is 23.8 Å². The number of carbonyl (C=O) groups excluding carboxylic acids is 2. The Balaban J connectivity index is 1.16. The summed E-state index contributed by atoms with van der Waals surface area (Å²) in [5, 5.41) is 1.01. The number of nitrogens with zero attached hydrogens (tertiary/aromatic N) is 1. The summed E-state index contributed by atoms with van der Waals surface area (Å²) in [6.45, 7) is 0.419. The van der Waals surface area contributed by atoms with Gasteiger partial charge in [-0.25, -0.2) is 0 Å². The molecule has 1 saturated heterocycles. The summed E-state index contributed by atoms with van der Waals surface area (Å²) in [4.78, 5) is 45.8. The van der Waals surface area contributed by atoms with Crippen molar-refractivity contribution < 1.29 is 19.1 Å². The van der Waals surface area contributed by atoms with Crippen molar-refractivity contribution in [1.82, 2.24) is 4.98 Å². The van der Waals surface area contributed by atoms with Gasteiger partial charge in [-0.05, 0) is 71.7 Å². The molecule has 8 rings (SSSR count). The number of fused-ring (bicyclic) bond motifs is 9. The number of methoxy groups -OCH3 is 1. The summed E-state index contributed by atoms with van der Waals surface area (Å²) >= 11 is 6.39. The average Bonchev–Trinajstić information content (AvgIpc) is 3.76. The second-order valence-corrected chi connectivity index (χ2v) is 14.8. The van der Waals surface area contributed by atoms with Crippen LogP contribution >= 0.6 is 39.0 Å². The van der Waals surface area contributed by atoms with Gasteiger partial charge in [0.2, 0.25) is 11.8 Å². The van der Waals surface area contributed by atoms with Crippen LogP contribution in [0, 0.1) is 29.6 Å². The highest BCUT2D eigenvalue weighted by Crippen LogP contribution is 2.68. The number of carbonyl (C=O) groups is 2. The molecule has 4 aliphatic rings. The number of halogens is 1. The van der Waals surface area contributed by atoms with Crippen molar-refractivity contribution in [2.45, 2.75) is 29.2 Å². The number of rotatable bonds is 6. The van der Waals surface area contributed by atoms with E-state index in [1.807, 2.05) is 66.7 Å². The first-order valence-corrected chi connectivity index (χ1v) is 16.8. The van der Waals surface area contributed by atoms with Crippen LogP contribution in [-0.4, -0.2) is 29.2 Å². The van der Waals surface area contributed by atoms with E-state index >= 15 is 0 Å². The maximum atomic E-state index is 14.0. The third-order valence-electron chi connectivity index (χ3n) is 9.59. The number of anilines is 1. The zero-order chi connectivity index (χ0) is 29.4. The fraction of sp³-hybridized carbons (Fsp3) is 0.303. The number of aromatic amines is 1. The molecule has 7 atom stereocenters. The van der Waals surface area contributed by atoms with Gasteiger partial charge in [0.15, 0.2) is 11.5 Å². The number of thiazole rings is 1. The Labute approximate surface area is 264 Å². The zero-order valence-electron chi connectivity index (χ0n) is 23.1. The van der Waals surface area contributed by atoms with Gasteiger partial charge in [-0.15, -0.1) is 11.8 Å². The Hall–Kier alpha value is -3.34. The first-order valence-electron chi connectivity index (χ1n) is 14.3. The van der Waals surface area contributed by atoms with Crippen LogP contribution in [0.4, 0.5) is 5.69 Å². The molecule has 3 heterocycles. The Morgan fingerprint density at radius 3 is 2.42 bits per heavy atom. The van der Waals surface area contributed by atoms with Crippen molar-refractivity contribution >= 4 is 56.5 Å². The number of hydrogen-bond acceptors (Lipinski definition) is 7. The highest BCUT2D eigenvalue weighted by atomic mass is 79.9. The summed E-state index contributed by atoms with van der Waals surface area (Å²) in [5.74, 6) is 0.533. The standard InChI is InChI=1S/C33H27BrN2O5S2/c1-40-23-13-17(7-12-22(23)41-15-16-5-3-2-4-6-16)24-25-20-14-21(28(25)42-30-29(24)43-33(39)35-30)27-26(20)31(37)36(32(27)38)19-10-8-18(34)9-11-19/h2-13,20-21,24-28H,14-15H2,1H3,(H,35,39)/t20?,21?,24-,25?,26?,27?,28?/m1/s1. The minimum Gasteiger partial charge on any atom is -0.493 e. The molecule has 3 aromatic carbocycles. The maximum Gasteiger partial charge on any atom is 0.305 e. The summed E-state index contributed by atoms with van der Waals surface area (Å²) in [7, 11) is 1.63. The largest absolute Gasteiger partial charge is 0.493 e.